The van der Waals surface area contributed by atoms with E-state index in [-0.39, 0.29) is 11.7 Å². The maximum Gasteiger partial charge on any atom is 0.157 e. The molecule has 1 aromatic carbocycles. The van der Waals surface area contributed by atoms with Crippen LogP contribution in [0.5, 0.6) is 0 Å². The minimum Gasteiger partial charge on any atom is -0.295 e. The Labute approximate surface area is 201 Å². The number of carbonyl (C=O) groups is 1. The van der Waals surface area contributed by atoms with E-state index in [1.807, 2.05) is 33.8 Å². The molecule has 0 radical (unpaired) electrons. The minimum absolute atomic E-state index is 0.135. The Morgan fingerprint density at radius 1 is 0.969 bits per heavy atom. The summed E-state index contributed by atoms with van der Waals surface area (Å²) >= 11 is 0. The highest BCUT2D eigenvalue weighted by molar-refractivity contribution is 5.91. The summed E-state index contributed by atoms with van der Waals surface area (Å²) in [5.41, 5.74) is 6.15. The van der Waals surface area contributed by atoms with Crippen LogP contribution in [0.15, 0.2) is 42.0 Å². The first kappa shape index (κ1) is 32.5. The molecule has 1 heteroatoms. The number of hydrogen-bond acceptors (Lipinski definition) is 1. The molecule has 1 nitrogen and oxygen atoms in total. The van der Waals surface area contributed by atoms with Crippen LogP contribution in [0.2, 0.25) is 0 Å². The van der Waals surface area contributed by atoms with Gasteiger partial charge in [0.2, 0.25) is 0 Å². The van der Waals surface area contributed by atoms with E-state index in [4.69, 9.17) is 0 Å². The number of carbonyl (C=O) groups excluding carboxylic acids is 1. The molecule has 1 saturated carbocycles. The highest BCUT2D eigenvalue weighted by atomic mass is 16.1. The number of benzene rings is 1. The third kappa shape index (κ3) is 16.1. The molecule has 1 atom stereocenters. The Morgan fingerprint density at radius 3 is 1.91 bits per heavy atom. The van der Waals surface area contributed by atoms with Crippen LogP contribution in [-0.2, 0) is 17.6 Å². The Bertz CT molecular complexity index is 642. The molecule has 0 aliphatic heterocycles. The summed E-state index contributed by atoms with van der Waals surface area (Å²) in [4.78, 5) is 11.1. The predicted molar refractivity (Wildman–Crippen MR) is 147 cm³/mol. The van der Waals surface area contributed by atoms with Crippen molar-refractivity contribution in [2.75, 3.05) is 0 Å². The van der Waals surface area contributed by atoms with Crippen molar-refractivity contribution in [3.05, 3.63) is 58.7 Å². The summed E-state index contributed by atoms with van der Waals surface area (Å²) < 4.78 is 0. The smallest absolute Gasteiger partial charge is 0.157 e. The van der Waals surface area contributed by atoms with Gasteiger partial charge in [0.15, 0.2) is 5.78 Å². The molecule has 1 aliphatic rings. The van der Waals surface area contributed by atoms with Gasteiger partial charge in [-0.15, -0.1) is 0 Å². The number of rotatable bonds is 8. The second-order valence-electron chi connectivity index (χ2n) is 8.87. The van der Waals surface area contributed by atoms with Crippen molar-refractivity contribution in [2.45, 2.75) is 121 Å². The first-order valence-corrected chi connectivity index (χ1v) is 13.2. The lowest BCUT2D eigenvalue weighted by Crippen LogP contribution is -2.02. The quantitative estimate of drug-likeness (QED) is 0.289. The molecule has 0 bridgehead atoms. The SMILES string of the molecule is CC.CC=C1CCC1.CCC(C)/C=C\C(=O)C(C)C.CCCc1ccc(C)cc1CCC. The zero-order chi connectivity index (χ0) is 24.9. The summed E-state index contributed by atoms with van der Waals surface area (Å²) in [5, 5.41) is 0. The second kappa shape index (κ2) is 21.2. The summed E-state index contributed by atoms with van der Waals surface area (Å²) in [6, 6.07) is 6.86. The fourth-order valence-corrected chi connectivity index (χ4v) is 3.03. The average molecular weight is 443 g/mol. The lowest BCUT2D eigenvalue weighted by Gasteiger charge is -2.13. The Morgan fingerprint density at radius 2 is 1.53 bits per heavy atom. The zero-order valence-electron chi connectivity index (χ0n) is 23.2. The first-order chi connectivity index (χ1) is 15.3. The zero-order valence-corrected chi connectivity index (χ0v) is 23.2. The van der Waals surface area contributed by atoms with Crippen molar-refractivity contribution in [3.63, 3.8) is 0 Å². The van der Waals surface area contributed by atoms with E-state index in [1.54, 1.807) is 22.8 Å². The van der Waals surface area contributed by atoms with Gasteiger partial charge in [-0.25, -0.2) is 0 Å². The molecule has 1 aromatic rings. The third-order valence-electron chi connectivity index (χ3n) is 5.61. The van der Waals surface area contributed by atoms with Crippen LogP contribution in [-0.4, -0.2) is 5.78 Å². The van der Waals surface area contributed by atoms with Crippen molar-refractivity contribution >= 4 is 5.78 Å². The van der Waals surface area contributed by atoms with Gasteiger partial charge >= 0.3 is 0 Å². The van der Waals surface area contributed by atoms with Crippen molar-refractivity contribution in [1.29, 1.82) is 0 Å². The summed E-state index contributed by atoms with van der Waals surface area (Å²) in [7, 11) is 0. The summed E-state index contributed by atoms with van der Waals surface area (Å²) in [6.07, 6.45) is 16.2. The number of ketones is 1. The molecule has 0 heterocycles. The maximum absolute atomic E-state index is 11.1. The Kier molecular flexibility index (Phi) is 21.6. The monoisotopic (exact) mass is 442 g/mol. The molecular weight excluding hydrogens is 388 g/mol. The van der Waals surface area contributed by atoms with Crippen LogP contribution in [0.4, 0.5) is 0 Å². The van der Waals surface area contributed by atoms with Crippen LogP contribution in [0, 0.1) is 18.8 Å². The van der Waals surface area contributed by atoms with Crippen LogP contribution < -0.4 is 0 Å². The molecular formula is C31H54O. The number of allylic oxidation sites excluding steroid dienone is 4. The first-order valence-electron chi connectivity index (χ1n) is 13.2. The molecule has 184 valence electrons. The lowest BCUT2D eigenvalue weighted by molar-refractivity contribution is -0.117. The van der Waals surface area contributed by atoms with Crippen molar-refractivity contribution in [2.24, 2.45) is 11.8 Å². The second-order valence-corrected chi connectivity index (χ2v) is 8.87. The van der Waals surface area contributed by atoms with Crippen molar-refractivity contribution in [3.8, 4) is 0 Å². The molecule has 1 unspecified atom stereocenters. The van der Waals surface area contributed by atoms with Crippen LogP contribution in [0.3, 0.4) is 0 Å². The van der Waals surface area contributed by atoms with Crippen molar-refractivity contribution < 1.29 is 4.79 Å². The largest absolute Gasteiger partial charge is 0.295 e. The summed E-state index contributed by atoms with van der Waals surface area (Å²) in [6.45, 7) is 20.9. The maximum atomic E-state index is 11.1. The van der Waals surface area contributed by atoms with Gasteiger partial charge in [0.05, 0.1) is 0 Å². The van der Waals surface area contributed by atoms with Gasteiger partial charge in [-0.1, -0.05) is 116 Å². The van der Waals surface area contributed by atoms with E-state index >= 15 is 0 Å². The van der Waals surface area contributed by atoms with Gasteiger partial charge in [0.1, 0.15) is 0 Å². The normalized spacial score (nSPS) is 13.0. The fourth-order valence-electron chi connectivity index (χ4n) is 3.03. The highest BCUT2D eigenvalue weighted by Crippen LogP contribution is 2.24. The van der Waals surface area contributed by atoms with E-state index in [0.717, 1.165) is 6.42 Å². The van der Waals surface area contributed by atoms with Crippen LogP contribution in [0.1, 0.15) is 118 Å². The van der Waals surface area contributed by atoms with Crippen LogP contribution in [0.25, 0.3) is 0 Å². The standard InChI is InChI=1S/C13H20.C10H18O.C6H10.C2H6/c1-4-6-12-9-8-11(3)10-13(12)7-5-2;1-5-9(4)6-7-10(11)8(2)3;1-2-6-4-3-5-6;1-2/h8-10H,4-7H2,1-3H3;6-9H,5H2,1-4H3;2H,3-5H2,1H3;1-2H3/b;7-6-;;. The molecule has 1 fully saturated rings. The molecule has 0 aromatic heterocycles. The van der Waals surface area contributed by atoms with Gasteiger partial charge < -0.3 is 0 Å². The van der Waals surface area contributed by atoms with E-state index < -0.39 is 0 Å². The number of hydrogen-bond donors (Lipinski definition) is 0. The Hall–Kier alpha value is -1.63. The summed E-state index contributed by atoms with van der Waals surface area (Å²) in [5.74, 6) is 0.887. The van der Waals surface area contributed by atoms with E-state index in [2.05, 4.69) is 65.8 Å². The van der Waals surface area contributed by atoms with Gasteiger partial charge in [-0.2, -0.15) is 0 Å². The molecule has 2 rings (SSSR count). The topological polar surface area (TPSA) is 17.1 Å². The molecule has 0 N–H and O–H groups in total. The molecule has 0 amide bonds. The van der Waals surface area contributed by atoms with Gasteiger partial charge in [-0.05, 0) is 69.1 Å². The van der Waals surface area contributed by atoms with Crippen molar-refractivity contribution in [1.82, 2.24) is 0 Å². The predicted octanol–water partition coefficient (Wildman–Crippen LogP) is 9.86. The van der Waals surface area contributed by atoms with Gasteiger partial charge in [0.25, 0.3) is 0 Å². The van der Waals surface area contributed by atoms with E-state index in [0.29, 0.717) is 5.92 Å². The lowest BCUT2D eigenvalue weighted by atomic mass is 9.93. The van der Waals surface area contributed by atoms with Gasteiger partial charge in [0, 0.05) is 5.92 Å². The molecule has 0 saturated heterocycles. The third-order valence-corrected chi connectivity index (χ3v) is 5.61. The highest BCUT2D eigenvalue weighted by Gasteiger charge is 2.04. The van der Waals surface area contributed by atoms with Crippen LogP contribution >= 0.6 is 0 Å². The molecule has 0 spiro atoms. The van der Waals surface area contributed by atoms with E-state index in [9.17, 15) is 4.79 Å². The Balaban J connectivity index is 0. The molecule has 32 heavy (non-hydrogen) atoms. The number of aryl methyl sites for hydroxylation is 3. The minimum atomic E-state index is 0.135. The van der Waals surface area contributed by atoms with Gasteiger partial charge in [-0.3, -0.25) is 4.79 Å². The molecule has 1 aliphatic carbocycles. The fraction of sp³-hybridized carbons (Fsp3) is 0.645. The van der Waals surface area contributed by atoms with E-state index in [1.165, 1.54) is 50.5 Å². The average Bonchev–Trinajstić information content (AvgIpc) is 2.75.